The van der Waals surface area contributed by atoms with Gasteiger partial charge in [0.25, 0.3) is 0 Å². The van der Waals surface area contributed by atoms with E-state index in [0.29, 0.717) is 5.56 Å². The maximum atomic E-state index is 12.8. The molecule has 0 spiro atoms. The highest BCUT2D eigenvalue weighted by molar-refractivity contribution is 8.00. The zero-order valence-corrected chi connectivity index (χ0v) is 13.6. The third kappa shape index (κ3) is 2.91. The molecule has 0 unspecified atom stereocenters. The van der Waals surface area contributed by atoms with Crippen LogP contribution in [0.4, 0.5) is 13.2 Å². The number of ketones is 1. The molecule has 0 aliphatic rings. The van der Waals surface area contributed by atoms with Gasteiger partial charge < -0.3 is 9.55 Å². The second kappa shape index (κ2) is 5.97. The van der Waals surface area contributed by atoms with Crippen molar-refractivity contribution in [1.29, 1.82) is 0 Å². The lowest BCUT2D eigenvalue weighted by Crippen LogP contribution is -2.16. The average molecular weight is 354 g/mol. The second-order valence-corrected chi connectivity index (χ2v) is 6.54. The molecule has 9 heteroatoms. The fraction of sp³-hybridized carbons (Fsp3) is 0.267. The Morgan fingerprint density at radius 2 is 2.00 bits per heavy atom. The molecule has 2 heterocycles. The molecule has 0 bridgehead atoms. The number of rotatable bonds is 4. The molecule has 1 atom stereocenters. The van der Waals surface area contributed by atoms with E-state index >= 15 is 0 Å². The van der Waals surface area contributed by atoms with Gasteiger partial charge in [-0.15, -0.1) is 10.2 Å². The number of hydrogen-bond acceptors (Lipinski definition) is 4. The number of thioether (sulfide) groups is 1. The van der Waals surface area contributed by atoms with Gasteiger partial charge in [-0.25, -0.2) is 0 Å². The highest BCUT2D eigenvalue weighted by Gasteiger charge is 2.38. The van der Waals surface area contributed by atoms with E-state index in [1.807, 2.05) is 24.3 Å². The molecule has 24 heavy (non-hydrogen) atoms. The number of Topliss-reactive ketones (excluding diaryl/α,β-unsaturated/α-hetero) is 1. The SMILES string of the molecule is C[C@@H](Sc1nnc(C(F)(F)F)n1C)C(=O)c1c[nH]c2ccccc12. The van der Waals surface area contributed by atoms with Gasteiger partial charge in [-0.2, -0.15) is 13.2 Å². The molecule has 0 aliphatic heterocycles. The predicted molar refractivity (Wildman–Crippen MR) is 84.0 cm³/mol. The molecule has 0 saturated heterocycles. The number of carbonyl (C=O) groups is 1. The normalized spacial score (nSPS) is 13.4. The van der Waals surface area contributed by atoms with Crippen LogP contribution in [0.25, 0.3) is 10.9 Å². The van der Waals surface area contributed by atoms with E-state index in [1.165, 1.54) is 7.05 Å². The largest absolute Gasteiger partial charge is 0.451 e. The summed E-state index contributed by atoms with van der Waals surface area (Å²) in [7, 11) is 1.23. The van der Waals surface area contributed by atoms with E-state index in [-0.39, 0.29) is 10.9 Å². The number of nitrogens with one attached hydrogen (secondary N) is 1. The standard InChI is InChI=1S/C15H13F3N4OS/c1-8(24-14-21-20-13(22(14)2)15(16,17)18)12(23)10-7-19-11-6-4-3-5-9(10)11/h3-8,19H,1-2H3/t8-/m1/s1. The van der Waals surface area contributed by atoms with E-state index in [0.717, 1.165) is 27.2 Å². The molecule has 0 saturated carbocycles. The quantitative estimate of drug-likeness (QED) is 0.573. The van der Waals surface area contributed by atoms with Gasteiger partial charge in [0.05, 0.1) is 5.25 Å². The van der Waals surface area contributed by atoms with Crippen molar-refractivity contribution < 1.29 is 18.0 Å². The third-order valence-electron chi connectivity index (χ3n) is 3.59. The van der Waals surface area contributed by atoms with E-state index in [1.54, 1.807) is 13.1 Å². The predicted octanol–water partition coefficient (Wildman–Crippen LogP) is 3.68. The molecule has 0 fully saturated rings. The minimum Gasteiger partial charge on any atom is -0.360 e. The molecule has 2 aromatic heterocycles. The van der Waals surface area contributed by atoms with Crippen molar-refractivity contribution in [3.63, 3.8) is 0 Å². The number of fused-ring (bicyclic) bond motifs is 1. The van der Waals surface area contributed by atoms with Crippen LogP contribution in [-0.4, -0.2) is 30.8 Å². The van der Waals surface area contributed by atoms with Crippen molar-refractivity contribution in [2.24, 2.45) is 7.05 Å². The summed E-state index contributed by atoms with van der Waals surface area (Å²) in [6.45, 7) is 1.64. The number of aromatic amines is 1. The second-order valence-electron chi connectivity index (χ2n) is 5.24. The van der Waals surface area contributed by atoms with Gasteiger partial charge in [0.15, 0.2) is 10.9 Å². The van der Waals surface area contributed by atoms with Gasteiger partial charge in [-0.05, 0) is 13.0 Å². The van der Waals surface area contributed by atoms with Crippen LogP contribution >= 0.6 is 11.8 Å². The Balaban J connectivity index is 1.84. The van der Waals surface area contributed by atoms with Crippen LogP contribution in [0.5, 0.6) is 0 Å². The number of halogens is 3. The van der Waals surface area contributed by atoms with Crippen LogP contribution in [0.3, 0.4) is 0 Å². The molecule has 126 valence electrons. The van der Waals surface area contributed by atoms with Crippen molar-refractivity contribution >= 4 is 28.4 Å². The number of benzene rings is 1. The van der Waals surface area contributed by atoms with E-state index in [2.05, 4.69) is 15.2 Å². The topological polar surface area (TPSA) is 63.6 Å². The van der Waals surface area contributed by atoms with E-state index in [9.17, 15) is 18.0 Å². The van der Waals surface area contributed by atoms with Gasteiger partial charge in [0, 0.05) is 29.7 Å². The lowest BCUT2D eigenvalue weighted by molar-refractivity contribution is -0.147. The highest BCUT2D eigenvalue weighted by Crippen LogP contribution is 2.32. The third-order valence-corrected chi connectivity index (χ3v) is 4.73. The lowest BCUT2D eigenvalue weighted by Gasteiger charge is -2.10. The summed E-state index contributed by atoms with van der Waals surface area (Å²) in [5.74, 6) is -1.27. The van der Waals surface area contributed by atoms with Crippen molar-refractivity contribution in [2.45, 2.75) is 23.5 Å². The van der Waals surface area contributed by atoms with Crippen LogP contribution in [-0.2, 0) is 13.2 Å². The summed E-state index contributed by atoms with van der Waals surface area (Å²) >= 11 is 0.948. The molecule has 1 aromatic carbocycles. The summed E-state index contributed by atoms with van der Waals surface area (Å²) in [5.41, 5.74) is 1.33. The minimum atomic E-state index is -4.58. The van der Waals surface area contributed by atoms with Crippen LogP contribution in [0.15, 0.2) is 35.6 Å². The lowest BCUT2D eigenvalue weighted by atomic mass is 10.1. The maximum absolute atomic E-state index is 12.8. The van der Waals surface area contributed by atoms with Crippen molar-refractivity contribution in [3.05, 3.63) is 41.9 Å². The number of aromatic nitrogens is 4. The van der Waals surface area contributed by atoms with Crippen molar-refractivity contribution in [1.82, 2.24) is 19.7 Å². The Kier molecular flexibility index (Phi) is 4.12. The van der Waals surface area contributed by atoms with Crippen LogP contribution in [0.2, 0.25) is 0 Å². The molecule has 0 aliphatic carbocycles. The average Bonchev–Trinajstić information content (AvgIpc) is 3.10. The summed E-state index contributed by atoms with van der Waals surface area (Å²) in [6.07, 6.45) is -2.97. The van der Waals surface area contributed by atoms with E-state index < -0.39 is 17.3 Å². The Labute approximate surface area is 139 Å². The number of para-hydroxylation sites is 1. The highest BCUT2D eigenvalue weighted by atomic mass is 32.2. The van der Waals surface area contributed by atoms with Gasteiger partial charge in [-0.3, -0.25) is 4.79 Å². The number of H-pyrrole nitrogens is 1. The molecule has 0 radical (unpaired) electrons. The number of carbonyl (C=O) groups excluding carboxylic acids is 1. The van der Waals surface area contributed by atoms with Gasteiger partial charge >= 0.3 is 6.18 Å². The number of alkyl halides is 3. The van der Waals surface area contributed by atoms with Gasteiger partial charge in [0.2, 0.25) is 5.82 Å². The zero-order valence-electron chi connectivity index (χ0n) is 12.8. The molecular formula is C15H13F3N4OS. The maximum Gasteiger partial charge on any atom is 0.451 e. The smallest absolute Gasteiger partial charge is 0.360 e. The summed E-state index contributed by atoms with van der Waals surface area (Å²) in [4.78, 5) is 15.6. The monoisotopic (exact) mass is 354 g/mol. The fourth-order valence-corrected chi connectivity index (χ4v) is 3.25. The summed E-state index contributed by atoms with van der Waals surface area (Å²) in [5, 5.41) is 6.93. The van der Waals surface area contributed by atoms with E-state index in [4.69, 9.17) is 0 Å². The number of nitrogens with zero attached hydrogens (tertiary/aromatic N) is 3. The Morgan fingerprint density at radius 3 is 2.67 bits per heavy atom. The first-order valence-corrected chi connectivity index (χ1v) is 7.90. The Bertz CT molecular complexity index is 900. The first-order chi connectivity index (χ1) is 11.3. The van der Waals surface area contributed by atoms with Crippen LogP contribution in [0.1, 0.15) is 23.1 Å². The fourth-order valence-electron chi connectivity index (χ4n) is 2.37. The summed E-state index contributed by atoms with van der Waals surface area (Å²) < 4.78 is 39.1. The molecule has 1 N–H and O–H groups in total. The molecule has 3 aromatic rings. The first-order valence-electron chi connectivity index (χ1n) is 7.02. The van der Waals surface area contributed by atoms with Crippen molar-refractivity contribution in [2.75, 3.05) is 0 Å². The van der Waals surface area contributed by atoms with Gasteiger partial charge in [0.1, 0.15) is 0 Å². The van der Waals surface area contributed by atoms with Gasteiger partial charge in [-0.1, -0.05) is 30.0 Å². The minimum absolute atomic E-state index is 0.0445. The van der Waals surface area contributed by atoms with Crippen LogP contribution in [0, 0.1) is 0 Å². The molecule has 3 rings (SSSR count). The number of hydrogen-bond donors (Lipinski definition) is 1. The Hall–Kier alpha value is -2.29. The summed E-state index contributed by atoms with van der Waals surface area (Å²) in [6, 6.07) is 7.34. The zero-order chi connectivity index (χ0) is 17.5. The first kappa shape index (κ1) is 16.6. The Morgan fingerprint density at radius 1 is 1.29 bits per heavy atom. The molecular weight excluding hydrogens is 341 g/mol. The molecule has 0 amide bonds. The van der Waals surface area contributed by atoms with Crippen LogP contribution < -0.4 is 0 Å². The molecule has 5 nitrogen and oxygen atoms in total. The van der Waals surface area contributed by atoms with Crippen molar-refractivity contribution in [3.8, 4) is 0 Å².